The molecule has 0 aliphatic carbocycles. The van der Waals surface area contributed by atoms with E-state index in [2.05, 4.69) is 15.8 Å². The Hall–Kier alpha value is -4.72. The zero-order valence-electron chi connectivity index (χ0n) is 19.4. The molecule has 0 atom stereocenters. The van der Waals surface area contributed by atoms with Gasteiger partial charge < -0.3 is 14.8 Å². The van der Waals surface area contributed by atoms with Crippen molar-refractivity contribution >= 4 is 30.1 Å². The number of nitrogens with one attached hydrogen (secondary N) is 2. The van der Waals surface area contributed by atoms with E-state index in [0.717, 1.165) is 11.1 Å². The topological polar surface area (TPSA) is 106 Å². The van der Waals surface area contributed by atoms with Gasteiger partial charge in [0, 0.05) is 11.6 Å². The summed E-state index contributed by atoms with van der Waals surface area (Å²) >= 11 is 0. The SMILES string of the molecule is COc1cc(/C=N/NC(=O)CNC(=O)c2ccc(C)cc2)ccc1OC(=O)/C=C/c1ccccc1. The van der Waals surface area contributed by atoms with Gasteiger partial charge in [-0.3, -0.25) is 9.59 Å². The number of carbonyl (C=O) groups excluding carboxylic acids is 3. The number of benzene rings is 3. The molecular formula is C27H25N3O5. The van der Waals surface area contributed by atoms with Crippen molar-refractivity contribution in [3.8, 4) is 11.5 Å². The molecule has 3 aromatic carbocycles. The summed E-state index contributed by atoms with van der Waals surface area (Å²) in [6.45, 7) is 1.70. The zero-order valence-corrected chi connectivity index (χ0v) is 19.4. The molecule has 0 radical (unpaired) electrons. The number of hydrazone groups is 1. The van der Waals surface area contributed by atoms with Crippen molar-refractivity contribution in [2.24, 2.45) is 5.10 Å². The Kier molecular flexibility index (Phi) is 8.90. The lowest BCUT2D eigenvalue weighted by Gasteiger charge is -2.08. The van der Waals surface area contributed by atoms with Crippen molar-refractivity contribution < 1.29 is 23.9 Å². The Morgan fingerprint density at radius 3 is 2.37 bits per heavy atom. The Morgan fingerprint density at radius 2 is 1.66 bits per heavy atom. The number of nitrogens with zero attached hydrogens (tertiary/aromatic N) is 1. The molecule has 3 rings (SSSR count). The number of carbonyl (C=O) groups is 3. The highest BCUT2D eigenvalue weighted by Gasteiger charge is 2.09. The summed E-state index contributed by atoms with van der Waals surface area (Å²) in [6, 6.07) is 21.2. The lowest BCUT2D eigenvalue weighted by atomic mass is 10.1. The van der Waals surface area contributed by atoms with Gasteiger partial charge in [-0.25, -0.2) is 10.2 Å². The fourth-order valence-electron chi connectivity index (χ4n) is 2.91. The van der Waals surface area contributed by atoms with E-state index in [1.165, 1.54) is 19.4 Å². The van der Waals surface area contributed by atoms with E-state index in [1.807, 2.05) is 49.4 Å². The molecule has 0 bridgehead atoms. The third-order valence-electron chi connectivity index (χ3n) is 4.74. The highest BCUT2D eigenvalue weighted by molar-refractivity contribution is 5.96. The van der Waals surface area contributed by atoms with Gasteiger partial charge in [0.1, 0.15) is 0 Å². The molecule has 35 heavy (non-hydrogen) atoms. The molecule has 0 fully saturated rings. The van der Waals surface area contributed by atoms with E-state index in [-0.39, 0.29) is 18.2 Å². The smallest absolute Gasteiger partial charge is 0.336 e. The fourth-order valence-corrected chi connectivity index (χ4v) is 2.91. The first kappa shape index (κ1) is 24.9. The van der Waals surface area contributed by atoms with Crippen LogP contribution < -0.4 is 20.2 Å². The number of hydrogen-bond acceptors (Lipinski definition) is 6. The summed E-state index contributed by atoms with van der Waals surface area (Å²) in [5.41, 5.74) is 5.33. The third kappa shape index (κ3) is 7.97. The average molecular weight is 472 g/mol. The lowest BCUT2D eigenvalue weighted by molar-refractivity contribution is -0.129. The van der Waals surface area contributed by atoms with Crippen molar-refractivity contribution in [1.29, 1.82) is 0 Å². The van der Waals surface area contributed by atoms with Crippen LogP contribution >= 0.6 is 0 Å². The minimum Gasteiger partial charge on any atom is -0.493 e. The first-order valence-corrected chi connectivity index (χ1v) is 10.7. The van der Waals surface area contributed by atoms with Gasteiger partial charge in [-0.2, -0.15) is 5.10 Å². The lowest BCUT2D eigenvalue weighted by Crippen LogP contribution is -2.34. The van der Waals surface area contributed by atoms with Gasteiger partial charge in [-0.05, 0) is 54.5 Å². The van der Waals surface area contributed by atoms with E-state index in [1.54, 1.807) is 36.4 Å². The monoisotopic (exact) mass is 471 g/mol. The van der Waals surface area contributed by atoms with Crippen LogP contribution in [-0.4, -0.2) is 37.7 Å². The molecule has 0 saturated carbocycles. The summed E-state index contributed by atoms with van der Waals surface area (Å²) in [7, 11) is 1.45. The quantitative estimate of drug-likeness (QED) is 0.163. The first-order valence-electron chi connectivity index (χ1n) is 10.7. The molecule has 0 aliphatic rings. The van der Waals surface area contributed by atoms with Crippen LogP contribution in [0.1, 0.15) is 27.0 Å². The van der Waals surface area contributed by atoms with Gasteiger partial charge in [0.25, 0.3) is 11.8 Å². The van der Waals surface area contributed by atoms with Gasteiger partial charge in [-0.1, -0.05) is 48.0 Å². The van der Waals surface area contributed by atoms with Crippen molar-refractivity contribution in [3.63, 3.8) is 0 Å². The largest absolute Gasteiger partial charge is 0.493 e. The Balaban J connectivity index is 1.50. The van der Waals surface area contributed by atoms with Gasteiger partial charge in [0.2, 0.25) is 0 Å². The summed E-state index contributed by atoms with van der Waals surface area (Å²) in [6.07, 6.45) is 4.39. The molecule has 0 unspecified atom stereocenters. The van der Waals surface area contributed by atoms with Gasteiger partial charge in [-0.15, -0.1) is 0 Å². The third-order valence-corrected chi connectivity index (χ3v) is 4.74. The van der Waals surface area contributed by atoms with Crippen molar-refractivity contribution in [3.05, 3.63) is 101 Å². The molecule has 0 heterocycles. The molecule has 0 saturated heterocycles. The molecular weight excluding hydrogens is 446 g/mol. The second kappa shape index (κ2) is 12.5. The maximum Gasteiger partial charge on any atom is 0.336 e. The number of aryl methyl sites for hydroxylation is 1. The summed E-state index contributed by atoms with van der Waals surface area (Å²) in [5.74, 6) is -0.808. The molecule has 0 aliphatic heterocycles. The van der Waals surface area contributed by atoms with Gasteiger partial charge in [0.15, 0.2) is 11.5 Å². The number of esters is 1. The number of hydrogen-bond donors (Lipinski definition) is 2. The predicted octanol–water partition coefficient (Wildman–Crippen LogP) is 3.50. The predicted molar refractivity (Wildman–Crippen MR) is 133 cm³/mol. The maximum absolute atomic E-state index is 12.1. The van der Waals surface area contributed by atoms with Crippen molar-refractivity contribution in [1.82, 2.24) is 10.7 Å². The van der Waals surface area contributed by atoms with E-state index in [0.29, 0.717) is 16.9 Å². The van der Waals surface area contributed by atoms with E-state index in [9.17, 15) is 14.4 Å². The molecule has 8 heteroatoms. The first-order chi connectivity index (χ1) is 16.9. The molecule has 178 valence electrons. The van der Waals surface area contributed by atoms with Gasteiger partial charge >= 0.3 is 5.97 Å². The number of ether oxygens (including phenoxy) is 2. The normalized spacial score (nSPS) is 10.8. The van der Waals surface area contributed by atoms with Crippen LogP contribution in [0.25, 0.3) is 6.08 Å². The number of rotatable bonds is 9. The van der Waals surface area contributed by atoms with Crippen LogP contribution in [0.2, 0.25) is 0 Å². The second-order valence-corrected chi connectivity index (χ2v) is 7.42. The molecule has 0 spiro atoms. The Labute approximate surface area is 203 Å². The minimum atomic E-state index is -0.548. The van der Waals surface area contributed by atoms with Crippen LogP contribution in [-0.2, 0) is 9.59 Å². The highest BCUT2D eigenvalue weighted by Crippen LogP contribution is 2.27. The summed E-state index contributed by atoms with van der Waals surface area (Å²) in [4.78, 5) is 36.2. The Morgan fingerprint density at radius 1 is 0.914 bits per heavy atom. The molecule has 8 nitrogen and oxygen atoms in total. The van der Waals surface area contributed by atoms with Crippen molar-refractivity contribution in [2.75, 3.05) is 13.7 Å². The van der Waals surface area contributed by atoms with E-state index in [4.69, 9.17) is 9.47 Å². The molecule has 2 N–H and O–H groups in total. The average Bonchev–Trinajstić information content (AvgIpc) is 2.88. The minimum absolute atomic E-state index is 0.223. The van der Waals surface area contributed by atoms with Crippen LogP contribution in [0.15, 0.2) is 84.0 Å². The van der Waals surface area contributed by atoms with Crippen LogP contribution in [0.5, 0.6) is 11.5 Å². The van der Waals surface area contributed by atoms with Crippen LogP contribution in [0.3, 0.4) is 0 Å². The number of methoxy groups -OCH3 is 1. The zero-order chi connectivity index (χ0) is 25.0. The summed E-state index contributed by atoms with van der Waals surface area (Å²) < 4.78 is 10.6. The van der Waals surface area contributed by atoms with Crippen LogP contribution in [0.4, 0.5) is 0 Å². The summed E-state index contributed by atoms with van der Waals surface area (Å²) in [5, 5.41) is 6.42. The van der Waals surface area contributed by atoms with E-state index < -0.39 is 11.9 Å². The molecule has 2 amide bonds. The Bertz CT molecular complexity index is 1240. The second-order valence-electron chi connectivity index (χ2n) is 7.42. The molecule has 3 aromatic rings. The van der Waals surface area contributed by atoms with Crippen LogP contribution in [0, 0.1) is 6.92 Å². The fraction of sp³-hybridized carbons (Fsp3) is 0.111. The molecule has 0 aromatic heterocycles. The van der Waals surface area contributed by atoms with Crippen molar-refractivity contribution in [2.45, 2.75) is 6.92 Å². The standard InChI is InChI=1S/C27H25N3O5/c1-19-8-12-22(13-9-19)27(33)28-18-25(31)30-29-17-21-10-14-23(24(16-21)34-2)35-26(32)15-11-20-6-4-3-5-7-20/h3-17H,18H2,1-2H3,(H,28,33)(H,30,31)/b15-11+,29-17+. The highest BCUT2D eigenvalue weighted by atomic mass is 16.6. The van der Waals surface area contributed by atoms with E-state index >= 15 is 0 Å². The maximum atomic E-state index is 12.1. The van der Waals surface area contributed by atoms with Gasteiger partial charge in [0.05, 0.1) is 19.9 Å². The number of amides is 2.